The quantitative estimate of drug-likeness (QED) is 0.810. The van der Waals surface area contributed by atoms with Gasteiger partial charge in [0.1, 0.15) is 5.54 Å². The Morgan fingerprint density at radius 3 is 2.59 bits per heavy atom. The zero-order chi connectivity index (χ0) is 12.5. The molecule has 17 heavy (non-hydrogen) atoms. The molecule has 1 heterocycles. The number of nitriles is 1. The number of hydrogen-bond donors (Lipinski definition) is 1. The van der Waals surface area contributed by atoms with Gasteiger partial charge in [-0.3, -0.25) is 4.90 Å². The van der Waals surface area contributed by atoms with Crippen LogP contribution in [0.25, 0.3) is 0 Å². The first-order chi connectivity index (χ1) is 8.13. The topological polar surface area (TPSA) is 39.1 Å². The molecule has 1 aliphatic heterocycles. The molecule has 0 bridgehead atoms. The lowest BCUT2D eigenvalue weighted by atomic mass is 9.88. The van der Waals surface area contributed by atoms with Gasteiger partial charge in [0.15, 0.2) is 0 Å². The number of likely N-dealkylation sites (tertiary alicyclic amines) is 1. The molecule has 0 aromatic carbocycles. The molecule has 0 amide bonds. The van der Waals surface area contributed by atoms with Crippen LogP contribution in [0.5, 0.6) is 0 Å². The molecule has 1 N–H and O–H groups in total. The highest BCUT2D eigenvalue weighted by atomic mass is 15.2. The average Bonchev–Trinajstić information content (AvgIpc) is 3.16. The molecule has 2 aliphatic rings. The van der Waals surface area contributed by atoms with Crippen LogP contribution in [0.1, 0.15) is 39.5 Å². The molecule has 96 valence electrons. The lowest BCUT2D eigenvalue weighted by Crippen LogP contribution is -2.56. The van der Waals surface area contributed by atoms with Crippen molar-refractivity contribution in [1.29, 1.82) is 5.26 Å². The first kappa shape index (κ1) is 12.9. The third kappa shape index (κ3) is 2.48. The molecule has 1 aliphatic carbocycles. The summed E-state index contributed by atoms with van der Waals surface area (Å²) in [5.74, 6) is 1.33. The SMILES string of the molecule is CNC(C#N)(CN1CCCC(C)C1C)C1CC1. The van der Waals surface area contributed by atoms with E-state index in [0.717, 1.165) is 19.0 Å². The zero-order valence-electron chi connectivity index (χ0n) is 11.4. The number of hydrogen-bond acceptors (Lipinski definition) is 3. The monoisotopic (exact) mass is 235 g/mol. The van der Waals surface area contributed by atoms with E-state index in [1.54, 1.807) is 0 Å². The van der Waals surface area contributed by atoms with E-state index in [9.17, 15) is 5.26 Å². The molecule has 3 nitrogen and oxygen atoms in total. The Balaban J connectivity index is 2.05. The van der Waals surface area contributed by atoms with Gasteiger partial charge in [0, 0.05) is 12.6 Å². The molecule has 1 saturated heterocycles. The molecule has 0 aromatic heterocycles. The summed E-state index contributed by atoms with van der Waals surface area (Å²) >= 11 is 0. The summed E-state index contributed by atoms with van der Waals surface area (Å²) in [6.45, 7) is 6.70. The van der Waals surface area contributed by atoms with Crippen LogP contribution in [0.4, 0.5) is 0 Å². The van der Waals surface area contributed by atoms with Gasteiger partial charge < -0.3 is 5.32 Å². The highest BCUT2D eigenvalue weighted by Gasteiger charge is 2.46. The number of piperidine rings is 1. The molecule has 0 radical (unpaired) electrons. The third-order valence-corrected chi connectivity index (χ3v) is 4.88. The van der Waals surface area contributed by atoms with Crippen molar-refractivity contribution in [2.45, 2.75) is 51.1 Å². The lowest BCUT2D eigenvalue weighted by molar-refractivity contribution is 0.0859. The van der Waals surface area contributed by atoms with E-state index in [4.69, 9.17) is 0 Å². The Kier molecular flexibility index (Phi) is 3.75. The predicted octanol–water partition coefficient (Wildman–Crippen LogP) is 2.00. The highest BCUT2D eigenvalue weighted by molar-refractivity contribution is 5.16. The van der Waals surface area contributed by atoms with E-state index in [2.05, 4.69) is 30.1 Å². The second-order valence-corrected chi connectivity index (χ2v) is 5.94. The fourth-order valence-electron chi connectivity index (χ4n) is 3.14. The summed E-state index contributed by atoms with van der Waals surface area (Å²) in [5.41, 5.74) is -0.300. The van der Waals surface area contributed by atoms with Crippen LogP contribution in [0.15, 0.2) is 0 Å². The van der Waals surface area contributed by atoms with Gasteiger partial charge in [-0.15, -0.1) is 0 Å². The van der Waals surface area contributed by atoms with Gasteiger partial charge in [-0.05, 0) is 58.0 Å². The Bertz CT molecular complexity index is 305. The van der Waals surface area contributed by atoms with Crippen molar-refractivity contribution < 1.29 is 0 Å². The molecule has 0 aromatic rings. The maximum atomic E-state index is 9.53. The van der Waals surface area contributed by atoms with Gasteiger partial charge in [-0.2, -0.15) is 5.26 Å². The number of nitrogens with one attached hydrogen (secondary N) is 1. The van der Waals surface area contributed by atoms with Crippen LogP contribution in [-0.4, -0.2) is 36.6 Å². The maximum absolute atomic E-state index is 9.53. The standard InChI is InChI=1S/C14H25N3/c1-11-5-4-8-17(12(11)2)10-14(9-15,16-3)13-6-7-13/h11-13,16H,4-8,10H2,1-3H3. The number of rotatable bonds is 4. The number of likely N-dealkylation sites (N-methyl/N-ethyl adjacent to an activating group) is 1. The molecule has 3 heteroatoms. The number of nitrogens with zero attached hydrogens (tertiary/aromatic N) is 2. The minimum Gasteiger partial charge on any atom is -0.301 e. The van der Waals surface area contributed by atoms with Gasteiger partial charge >= 0.3 is 0 Å². The van der Waals surface area contributed by atoms with Crippen molar-refractivity contribution in [3.05, 3.63) is 0 Å². The Morgan fingerprint density at radius 1 is 1.35 bits per heavy atom. The van der Waals surface area contributed by atoms with Crippen LogP contribution < -0.4 is 5.32 Å². The molecule has 0 spiro atoms. The molecular formula is C14H25N3. The summed E-state index contributed by atoms with van der Waals surface area (Å²) in [4.78, 5) is 2.52. The van der Waals surface area contributed by atoms with Crippen molar-refractivity contribution in [3.8, 4) is 6.07 Å². The zero-order valence-corrected chi connectivity index (χ0v) is 11.4. The Labute approximate surface area is 105 Å². The Hall–Kier alpha value is -0.590. The summed E-state index contributed by atoms with van der Waals surface area (Å²) < 4.78 is 0. The van der Waals surface area contributed by atoms with Gasteiger partial charge in [0.2, 0.25) is 0 Å². The van der Waals surface area contributed by atoms with E-state index in [0.29, 0.717) is 12.0 Å². The van der Waals surface area contributed by atoms with Gasteiger partial charge in [0.25, 0.3) is 0 Å². The van der Waals surface area contributed by atoms with Crippen LogP contribution in [0.3, 0.4) is 0 Å². The minimum atomic E-state index is -0.300. The normalized spacial score (nSPS) is 34.0. The highest BCUT2D eigenvalue weighted by Crippen LogP contribution is 2.40. The van der Waals surface area contributed by atoms with Gasteiger partial charge in [0.05, 0.1) is 6.07 Å². The smallest absolute Gasteiger partial charge is 0.122 e. The summed E-state index contributed by atoms with van der Waals surface area (Å²) in [6.07, 6.45) is 5.04. The van der Waals surface area contributed by atoms with Crippen molar-refractivity contribution in [2.24, 2.45) is 11.8 Å². The minimum absolute atomic E-state index is 0.300. The fraction of sp³-hybridized carbons (Fsp3) is 0.929. The molecule has 3 unspecified atom stereocenters. The van der Waals surface area contributed by atoms with E-state index in [1.807, 2.05) is 7.05 Å². The van der Waals surface area contributed by atoms with Gasteiger partial charge in [-0.25, -0.2) is 0 Å². The van der Waals surface area contributed by atoms with E-state index < -0.39 is 0 Å². The summed E-state index contributed by atoms with van der Waals surface area (Å²) in [6, 6.07) is 3.17. The van der Waals surface area contributed by atoms with Crippen molar-refractivity contribution in [1.82, 2.24) is 10.2 Å². The molecule has 2 fully saturated rings. The largest absolute Gasteiger partial charge is 0.301 e. The maximum Gasteiger partial charge on any atom is 0.122 e. The second kappa shape index (κ2) is 4.96. The first-order valence-corrected chi connectivity index (χ1v) is 6.97. The lowest BCUT2D eigenvalue weighted by Gasteiger charge is -2.42. The molecule has 1 saturated carbocycles. The van der Waals surface area contributed by atoms with E-state index >= 15 is 0 Å². The van der Waals surface area contributed by atoms with E-state index in [-0.39, 0.29) is 5.54 Å². The summed E-state index contributed by atoms with van der Waals surface area (Å²) in [5, 5.41) is 12.8. The fourth-order valence-corrected chi connectivity index (χ4v) is 3.14. The second-order valence-electron chi connectivity index (χ2n) is 5.94. The molecule has 3 atom stereocenters. The van der Waals surface area contributed by atoms with Crippen LogP contribution >= 0.6 is 0 Å². The average molecular weight is 235 g/mol. The van der Waals surface area contributed by atoms with Crippen LogP contribution in [-0.2, 0) is 0 Å². The van der Waals surface area contributed by atoms with Crippen molar-refractivity contribution in [2.75, 3.05) is 20.1 Å². The van der Waals surface area contributed by atoms with Crippen LogP contribution in [0.2, 0.25) is 0 Å². The third-order valence-electron chi connectivity index (χ3n) is 4.88. The molecule has 2 rings (SSSR count). The van der Waals surface area contributed by atoms with Crippen LogP contribution in [0, 0.1) is 23.2 Å². The predicted molar refractivity (Wildman–Crippen MR) is 69.6 cm³/mol. The van der Waals surface area contributed by atoms with Crippen molar-refractivity contribution in [3.63, 3.8) is 0 Å². The first-order valence-electron chi connectivity index (χ1n) is 6.97. The molecular weight excluding hydrogens is 210 g/mol. The van der Waals surface area contributed by atoms with E-state index in [1.165, 1.54) is 25.7 Å². The Morgan fingerprint density at radius 2 is 2.06 bits per heavy atom. The van der Waals surface area contributed by atoms with Crippen molar-refractivity contribution >= 4 is 0 Å². The van der Waals surface area contributed by atoms with Gasteiger partial charge in [-0.1, -0.05) is 6.92 Å². The summed E-state index contributed by atoms with van der Waals surface area (Å²) in [7, 11) is 1.94.